The molecule has 1 saturated heterocycles. The SMILES string of the molecule is CCC(=O)N1CCN(S(=O)(=O)c2ccccc2)C1c1ccc(N(CC)CC)cc1. The first kappa shape index (κ1) is 21.3. The summed E-state index contributed by atoms with van der Waals surface area (Å²) in [6, 6.07) is 16.3. The van der Waals surface area contributed by atoms with E-state index in [2.05, 4.69) is 18.7 Å². The van der Waals surface area contributed by atoms with Gasteiger partial charge in [0.05, 0.1) is 4.90 Å². The predicted molar refractivity (Wildman–Crippen MR) is 115 cm³/mol. The normalized spacial score (nSPS) is 17.5. The molecule has 0 saturated carbocycles. The number of hydrogen-bond acceptors (Lipinski definition) is 4. The van der Waals surface area contributed by atoms with Crippen molar-refractivity contribution in [3.05, 3.63) is 60.2 Å². The van der Waals surface area contributed by atoms with Gasteiger partial charge in [-0.15, -0.1) is 0 Å². The van der Waals surface area contributed by atoms with E-state index in [0.29, 0.717) is 13.0 Å². The Labute approximate surface area is 173 Å². The van der Waals surface area contributed by atoms with Crippen LogP contribution in [0.15, 0.2) is 59.5 Å². The van der Waals surface area contributed by atoms with E-state index in [9.17, 15) is 13.2 Å². The Balaban J connectivity index is 2.01. The second-order valence-corrected chi connectivity index (χ2v) is 8.90. The quantitative estimate of drug-likeness (QED) is 0.695. The van der Waals surface area contributed by atoms with Crippen molar-refractivity contribution in [2.45, 2.75) is 38.3 Å². The summed E-state index contributed by atoms with van der Waals surface area (Å²) in [4.78, 5) is 16.7. The lowest BCUT2D eigenvalue weighted by Crippen LogP contribution is -2.37. The van der Waals surface area contributed by atoms with E-state index >= 15 is 0 Å². The molecule has 1 unspecified atom stereocenters. The smallest absolute Gasteiger partial charge is 0.245 e. The summed E-state index contributed by atoms with van der Waals surface area (Å²) < 4.78 is 28.1. The molecule has 0 radical (unpaired) electrons. The molecule has 2 aromatic rings. The molecule has 0 bridgehead atoms. The van der Waals surface area contributed by atoms with Crippen LogP contribution in [0.1, 0.15) is 38.9 Å². The van der Waals surface area contributed by atoms with E-state index in [1.807, 2.05) is 24.3 Å². The molecule has 1 fully saturated rings. The largest absolute Gasteiger partial charge is 0.372 e. The zero-order chi connectivity index (χ0) is 21.0. The van der Waals surface area contributed by atoms with Gasteiger partial charge in [-0.05, 0) is 43.7 Å². The summed E-state index contributed by atoms with van der Waals surface area (Å²) in [7, 11) is -3.72. The molecular weight excluding hydrogens is 386 g/mol. The highest BCUT2D eigenvalue weighted by molar-refractivity contribution is 7.89. The fraction of sp³-hybridized carbons (Fsp3) is 0.409. The van der Waals surface area contributed by atoms with Gasteiger partial charge < -0.3 is 9.80 Å². The van der Waals surface area contributed by atoms with Crippen molar-refractivity contribution in [3.8, 4) is 0 Å². The van der Waals surface area contributed by atoms with Crippen molar-refractivity contribution in [1.82, 2.24) is 9.21 Å². The summed E-state index contributed by atoms with van der Waals surface area (Å²) in [5, 5.41) is 0. The van der Waals surface area contributed by atoms with Crippen LogP contribution in [-0.2, 0) is 14.8 Å². The van der Waals surface area contributed by atoms with Crippen LogP contribution in [0.5, 0.6) is 0 Å². The third-order valence-corrected chi connectivity index (χ3v) is 7.29. The number of sulfonamides is 1. The van der Waals surface area contributed by atoms with Gasteiger partial charge in [0.25, 0.3) is 0 Å². The average molecular weight is 416 g/mol. The molecule has 1 atom stereocenters. The second-order valence-electron chi connectivity index (χ2n) is 7.01. The molecule has 3 rings (SSSR count). The third-order valence-electron chi connectivity index (χ3n) is 5.42. The zero-order valence-corrected chi connectivity index (χ0v) is 18.1. The number of nitrogens with zero attached hydrogens (tertiary/aromatic N) is 3. The van der Waals surface area contributed by atoms with Crippen molar-refractivity contribution in [1.29, 1.82) is 0 Å². The maximum Gasteiger partial charge on any atom is 0.245 e. The van der Waals surface area contributed by atoms with Crippen molar-refractivity contribution >= 4 is 21.6 Å². The standard InChI is InChI=1S/C22H29N3O3S/c1-4-21(26)24-16-17-25(29(27,28)20-10-8-7-9-11-20)22(24)18-12-14-19(15-13-18)23(5-2)6-3/h7-15,22H,4-6,16-17H2,1-3H3. The van der Waals surface area contributed by atoms with Crippen LogP contribution in [0, 0.1) is 0 Å². The molecular formula is C22H29N3O3S. The summed E-state index contributed by atoms with van der Waals surface area (Å²) >= 11 is 0. The molecule has 1 aliphatic rings. The van der Waals surface area contributed by atoms with Gasteiger partial charge in [-0.25, -0.2) is 8.42 Å². The van der Waals surface area contributed by atoms with Crippen LogP contribution < -0.4 is 4.90 Å². The van der Waals surface area contributed by atoms with E-state index in [1.54, 1.807) is 42.2 Å². The molecule has 1 aliphatic heterocycles. The maximum atomic E-state index is 13.3. The monoisotopic (exact) mass is 415 g/mol. The summed E-state index contributed by atoms with van der Waals surface area (Å²) in [5.41, 5.74) is 1.89. The fourth-order valence-electron chi connectivity index (χ4n) is 3.84. The number of hydrogen-bond donors (Lipinski definition) is 0. The predicted octanol–water partition coefficient (Wildman–Crippen LogP) is 3.47. The Bertz CT molecular complexity index is 926. The number of carbonyl (C=O) groups excluding carboxylic acids is 1. The molecule has 1 amide bonds. The van der Waals surface area contributed by atoms with Crippen LogP contribution in [-0.4, -0.2) is 49.7 Å². The molecule has 0 N–H and O–H groups in total. The lowest BCUT2D eigenvalue weighted by molar-refractivity contribution is -0.132. The lowest BCUT2D eigenvalue weighted by atomic mass is 10.1. The Kier molecular flexibility index (Phi) is 6.59. The summed E-state index contributed by atoms with van der Waals surface area (Å²) in [5.74, 6) is -0.0476. The van der Waals surface area contributed by atoms with E-state index in [0.717, 1.165) is 24.3 Å². The van der Waals surface area contributed by atoms with Crippen molar-refractivity contribution < 1.29 is 13.2 Å². The Morgan fingerprint density at radius 1 is 0.966 bits per heavy atom. The number of anilines is 1. The number of amides is 1. The van der Waals surface area contributed by atoms with Crippen LogP contribution >= 0.6 is 0 Å². The van der Waals surface area contributed by atoms with Crippen LogP contribution in [0.4, 0.5) is 5.69 Å². The minimum atomic E-state index is -3.72. The first-order valence-corrected chi connectivity index (χ1v) is 11.6. The summed E-state index contributed by atoms with van der Waals surface area (Å²) in [6.45, 7) is 8.47. The van der Waals surface area contributed by atoms with E-state index < -0.39 is 16.2 Å². The van der Waals surface area contributed by atoms with Crippen molar-refractivity contribution in [2.75, 3.05) is 31.1 Å². The maximum absolute atomic E-state index is 13.3. The topological polar surface area (TPSA) is 60.9 Å². The summed E-state index contributed by atoms with van der Waals surface area (Å²) in [6.07, 6.45) is -0.286. The van der Waals surface area contributed by atoms with Gasteiger partial charge >= 0.3 is 0 Å². The lowest BCUT2D eigenvalue weighted by Gasteiger charge is -2.30. The van der Waals surface area contributed by atoms with Crippen molar-refractivity contribution in [2.24, 2.45) is 0 Å². The molecule has 29 heavy (non-hydrogen) atoms. The molecule has 7 heteroatoms. The van der Waals surface area contributed by atoms with Crippen molar-refractivity contribution in [3.63, 3.8) is 0 Å². The van der Waals surface area contributed by atoms with Crippen LogP contribution in [0.2, 0.25) is 0 Å². The van der Waals surface area contributed by atoms with Crippen LogP contribution in [0.25, 0.3) is 0 Å². The Hall–Kier alpha value is -2.38. The number of benzene rings is 2. The molecule has 0 spiro atoms. The first-order chi connectivity index (χ1) is 13.9. The molecule has 6 nitrogen and oxygen atoms in total. The van der Waals surface area contributed by atoms with E-state index in [4.69, 9.17) is 0 Å². The van der Waals surface area contributed by atoms with Gasteiger partial charge in [-0.2, -0.15) is 4.31 Å². The highest BCUT2D eigenvalue weighted by atomic mass is 32.2. The minimum Gasteiger partial charge on any atom is -0.372 e. The first-order valence-electron chi connectivity index (χ1n) is 10.1. The van der Waals surface area contributed by atoms with E-state index in [1.165, 1.54) is 4.31 Å². The highest BCUT2D eigenvalue weighted by Gasteiger charge is 2.42. The molecule has 1 heterocycles. The van der Waals surface area contributed by atoms with Gasteiger partial charge in [0, 0.05) is 38.3 Å². The Morgan fingerprint density at radius 2 is 1.59 bits per heavy atom. The minimum absolute atomic E-state index is 0.0476. The van der Waals surface area contributed by atoms with Gasteiger partial charge in [-0.1, -0.05) is 37.3 Å². The number of rotatable bonds is 7. The Morgan fingerprint density at radius 3 is 2.14 bits per heavy atom. The van der Waals surface area contributed by atoms with Gasteiger partial charge in [0.2, 0.25) is 15.9 Å². The third kappa shape index (κ3) is 4.16. The highest BCUT2D eigenvalue weighted by Crippen LogP contribution is 2.36. The molecule has 156 valence electrons. The van der Waals surface area contributed by atoms with Gasteiger partial charge in [0.15, 0.2) is 0 Å². The van der Waals surface area contributed by atoms with Gasteiger partial charge in [-0.3, -0.25) is 4.79 Å². The van der Waals surface area contributed by atoms with Gasteiger partial charge in [0.1, 0.15) is 6.17 Å². The fourth-order valence-corrected chi connectivity index (χ4v) is 5.43. The average Bonchev–Trinajstić information content (AvgIpc) is 3.21. The second kappa shape index (κ2) is 8.97. The van der Waals surface area contributed by atoms with E-state index in [-0.39, 0.29) is 17.3 Å². The van der Waals surface area contributed by atoms with Crippen LogP contribution in [0.3, 0.4) is 0 Å². The molecule has 0 aliphatic carbocycles. The zero-order valence-electron chi connectivity index (χ0n) is 17.3. The molecule has 0 aromatic heterocycles. The number of carbonyl (C=O) groups is 1. The molecule has 2 aromatic carbocycles.